The first-order chi connectivity index (χ1) is 7.86. The molecule has 1 unspecified atom stereocenters. The predicted molar refractivity (Wildman–Crippen MR) is 71.4 cm³/mol. The summed E-state index contributed by atoms with van der Waals surface area (Å²) in [7, 11) is 0. The second kappa shape index (κ2) is 5.52. The summed E-state index contributed by atoms with van der Waals surface area (Å²) >= 11 is 4.50. The van der Waals surface area contributed by atoms with Crippen LogP contribution in [0.4, 0.5) is 0 Å². The molecule has 0 fully saturated rings. The molecule has 1 atom stereocenters. The third-order valence-corrected chi connectivity index (χ3v) is 2.70. The molecule has 2 aromatic rings. The van der Waals surface area contributed by atoms with Crippen LogP contribution in [0.5, 0.6) is 0 Å². The Balaban J connectivity index is 2.08. The Kier molecular flexibility index (Phi) is 3.78. The lowest BCUT2D eigenvalue weighted by Gasteiger charge is -2.03. The molecular formula is C14H13NS. The third kappa shape index (κ3) is 2.97. The van der Waals surface area contributed by atoms with Gasteiger partial charge in [0.2, 0.25) is 0 Å². The maximum Gasteiger partial charge on any atom is 0.0623 e. The van der Waals surface area contributed by atoms with E-state index in [0.29, 0.717) is 0 Å². The van der Waals surface area contributed by atoms with Crippen molar-refractivity contribution in [3.8, 4) is 0 Å². The Bertz CT molecular complexity index is 451. The minimum absolute atomic E-state index is 0.0430. The SMILES string of the molecule is SC(C=Cc1ccccc1)c1ccccn1. The van der Waals surface area contributed by atoms with Gasteiger partial charge in [0.05, 0.1) is 10.9 Å². The molecule has 0 spiro atoms. The van der Waals surface area contributed by atoms with Crippen LogP contribution in [0.2, 0.25) is 0 Å². The molecule has 1 aromatic carbocycles. The summed E-state index contributed by atoms with van der Waals surface area (Å²) < 4.78 is 0. The van der Waals surface area contributed by atoms with E-state index in [2.05, 4.69) is 35.8 Å². The summed E-state index contributed by atoms with van der Waals surface area (Å²) in [6, 6.07) is 16.0. The van der Waals surface area contributed by atoms with Gasteiger partial charge in [-0.25, -0.2) is 0 Å². The van der Waals surface area contributed by atoms with Crippen LogP contribution in [0.25, 0.3) is 6.08 Å². The molecule has 2 rings (SSSR count). The van der Waals surface area contributed by atoms with Crippen molar-refractivity contribution in [3.63, 3.8) is 0 Å². The zero-order chi connectivity index (χ0) is 11.2. The van der Waals surface area contributed by atoms with Crippen molar-refractivity contribution in [1.29, 1.82) is 0 Å². The molecule has 0 saturated heterocycles. The van der Waals surface area contributed by atoms with Gasteiger partial charge in [-0.05, 0) is 17.7 Å². The average Bonchev–Trinajstić information content (AvgIpc) is 2.38. The van der Waals surface area contributed by atoms with Crippen molar-refractivity contribution in [2.75, 3.05) is 0 Å². The molecule has 0 aliphatic rings. The molecule has 0 amide bonds. The molecule has 0 bridgehead atoms. The highest BCUT2D eigenvalue weighted by Crippen LogP contribution is 2.19. The lowest BCUT2D eigenvalue weighted by atomic mass is 10.2. The largest absolute Gasteiger partial charge is 0.260 e. The zero-order valence-corrected chi connectivity index (χ0v) is 9.72. The van der Waals surface area contributed by atoms with Gasteiger partial charge in [0.15, 0.2) is 0 Å². The zero-order valence-electron chi connectivity index (χ0n) is 8.82. The maximum absolute atomic E-state index is 4.50. The van der Waals surface area contributed by atoms with Crippen molar-refractivity contribution >= 4 is 18.7 Å². The summed E-state index contributed by atoms with van der Waals surface area (Å²) in [6.45, 7) is 0. The van der Waals surface area contributed by atoms with Crippen LogP contribution in [-0.2, 0) is 0 Å². The Hall–Kier alpha value is -1.54. The topological polar surface area (TPSA) is 12.9 Å². The van der Waals surface area contributed by atoms with Gasteiger partial charge < -0.3 is 0 Å². The molecule has 2 heteroatoms. The number of benzene rings is 1. The number of thiol groups is 1. The second-order valence-corrected chi connectivity index (χ2v) is 4.03. The van der Waals surface area contributed by atoms with E-state index in [0.717, 1.165) is 5.69 Å². The fourth-order valence-corrected chi connectivity index (χ4v) is 1.65. The van der Waals surface area contributed by atoms with Gasteiger partial charge in [-0.3, -0.25) is 4.98 Å². The van der Waals surface area contributed by atoms with Gasteiger partial charge in [0, 0.05) is 6.20 Å². The average molecular weight is 227 g/mol. The van der Waals surface area contributed by atoms with Crippen LogP contribution < -0.4 is 0 Å². The van der Waals surface area contributed by atoms with Crippen LogP contribution in [0.15, 0.2) is 60.8 Å². The first-order valence-corrected chi connectivity index (χ1v) is 5.70. The lowest BCUT2D eigenvalue weighted by Crippen LogP contribution is -1.89. The van der Waals surface area contributed by atoms with E-state index >= 15 is 0 Å². The van der Waals surface area contributed by atoms with Crippen molar-refractivity contribution in [1.82, 2.24) is 4.98 Å². The van der Waals surface area contributed by atoms with Crippen molar-refractivity contribution in [2.45, 2.75) is 5.25 Å². The van der Waals surface area contributed by atoms with Gasteiger partial charge in [0.1, 0.15) is 0 Å². The Labute approximate surface area is 101 Å². The summed E-state index contributed by atoms with van der Waals surface area (Å²) in [4.78, 5) is 4.26. The van der Waals surface area contributed by atoms with Crippen molar-refractivity contribution in [3.05, 3.63) is 72.1 Å². The summed E-state index contributed by atoms with van der Waals surface area (Å²) in [5, 5.41) is 0.0430. The van der Waals surface area contributed by atoms with Crippen LogP contribution in [0.1, 0.15) is 16.5 Å². The van der Waals surface area contributed by atoms with Gasteiger partial charge in [0.25, 0.3) is 0 Å². The highest BCUT2D eigenvalue weighted by molar-refractivity contribution is 7.80. The molecular weight excluding hydrogens is 214 g/mol. The van der Waals surface area contributed by atoms with E-state index in [1.807, 2.05) is 42.5 Å². The van der Waals surface area contributed by atoms with Crippen LogP contribution in [-0.4, -0.2) is 4.98 Å². The molecule has 0 aliphatic carbocycles. The molecule has 0 radical (unpaired) electrons. The number of rotatable bonds is 3. The standard InChI is InChI=1S/C14H13NS/c16-14(13-8-4-5-11-15-13)10-9-12-6-2-1-3-7-12/h1-11,14,16H. The Morgan fingerprint density at radius 3 is 2.44 bits per heavy atom. The van der Waals surface area contributed by atoms with Gasteiger partial charge in [-0.1, -0.05) is 48.6 Å². The summed E-state index contributed by atoms with van der Waals surface area (Å²) in [6.07, 6.45) is 5.89. The van der Waals surface area contributed by atoms with E-state index in [4.69, 9.17) is 0 Å². The molecule has 1 nitrogen and oxygen atoms in total. The van der Waals surface area contributed by atoms with Gasteiger partial charge in [-0.2, -0.15) is 12.6 Å². The molecule has 80 valence electrons. The molecule has 0 saturated carbocycles. The fourth-order valence-electron chi connectivity index (χ4n) is 1.42. The smallest absolute Gasteiger partial charge is 0.0623 e. The summed E-state index contributed by atoms with van der Waals surface area (Å²) in [5.74, 6) is 0. The Morgan fingerprint density at radius 2 is 1.75 bits per heavy atom. The normalized spacial score (nSPS) is 12.8. The van der Waals surface area contributed by atoms with E-state index in [-0.39, 0.29) is 5.25 Å². The number of pyridine rings is 1. The second-order valence-electron chi connectivity index (χ2n) is 3.47. The molecule has 0 aliphatic heterocycles. The molecule has 1 aromatic heterocycles. The third-order valence-electron chi connectivity index (χ3n) is 2.26. The quantitative estimate of drug-likeness (QED) is 0.788. The number of nitrogens with zero attached hydrogens (tertiary/aromatic N) is 1. The van der Waals surface area contributed by atoms with E-state index in [9.17, 15) is 0 Å². The van der Waals surface area contributed by atoms with Crippen molar-refractivity contribution in [2.24, 2.45) is 0 Å². The first kappa shape index (κ1) is 11.0. The fraction of sp³-hybridized carbons (Fsp3) is 0.0714. The van der Waals surface area contributed by atoms with Crippen LogP contribution in [0.3, 0.4) is 0 Å². The van der Waals surface area contributed by atoms with Gasteiger partial charge in [-0.15, -0.1) is 0 Å². The highest BCUT2D eigenvalue weighted by Gasteiger charge is 2.01. The minimum atomic E-state index is 0.0430. The van der Waals surface area contributed by atoms with E-state index in [1.54, 1.807) is 6.20 Å². The lowest BCUT2D eigenvalue weighted by molar-refractivity contribution is 1.10. The Morgan fingerprint density at radius 1 is 1.00 bits per heavy atom. The summed E-state index contributed by atoms with van der Waals surface area (Å²) in [5.41, 5.74) is 2.15. The van der Waals surface area contributed by atoms with Crippen LogP contribution in [0, 0.1) is 0 Å². The van der Waals surface area contributed by atoms with Gasteiger partial charge >= 0.3 is 0 Å². The van der Waals surface area contributed by atoms with E-state index in [1.165, 1.54) is 5.56 Å². The number of hydrogen-bond donors (Lipinski definition) is 1. The molecule has 16 heavy (non-hydrogen) atoms. The highest BCUT2D eigenvalue weighted by atomic mass is 32.1. The van der Waals surface area contributed by atoms with E-state index < -0.39 is 0 Å². The predicted octanol–water partition coefficient (Wildman–Crippen LogP) is 3.77. The monoisotopic (exact) mass is 227 g/mol. The van der Waals surface area contributed by atoms with Crippen molar-refractivity contribution < 1.29 is 0 Å². The molecule has 0 N–H and O–H groups in total. The van der Waals surface area contributed by atoms with Crippen LogP contribution >= 0.6 is 12.6 Å². The first-order valence-electron chi connectivity index (χ1n) is 5.18. The number of hydrogen-bond acceptors (Lipinski definition) is 2. The number of aromatic nitrogens is 1. The maximum atomic E-state index is 4.50. The molecule has 1 heterocycles. The minimum Gasteiger partial charge on any atom is -0.260 e.